The van der Waals surface area contributed by atoms with Gasteiger partial charge in [-0.3, -0.25) is 10.2 Å². The SMILES string of the molecule is CCN(CC)C(=NNc1ccccc1)C(C)=O. The van der Waals surface area contributed by atoms with Crippen LogP contribution < -0.4 is 5.43 Å². The van der Waals surface area contributed by atoms with Crippen LogP contribution in [0.1, 0.15) is 20.8 Å². The fourth-order valence-corrected chi connectivity index (χ4v) is 1.53. The van der Waals surface area contributed by atoms with Crippen LogP contribution >= 0.6 is 0 Å². The third kappa shape index (κ3) is 3.90. The van der Waals surface area contributed by atoms with Crippen molar-refractivity contribution in [1.82, 2.24) is 4.90 Å². The van der Waals surface area contributed by atoms with Gasteiger partial charge in [0.1, 0.15) is 0 Å². The summed E-state index contributed by atoms with van der Waals surface area (Å²) in [4.78, 5) is 13.4. The Kier molecular flexibility index (Phi) is 5.20. The van der Waals surface area contributed by atoms with E-state index >= 15 is 0 Å². The second kappa shape index (κ2) is 6.68. The van der Waals surface area contributed by atoms with Gasteiger partial charge in [0.05, 0.1) is 5.69 Å². The van der Waals surface area contributed by atoms with Crippen LogP contribution in [0.2, 0.25) is 0 Å². The van der Waals surface area contributed by atoms with Crippen LogP contribution in [0.15, 0.2) is 35.4 Å². The van der Waals surface area contributed by atoms with Gasteiger partial charge in [-0.25, -0.2) is 0 Å². The summed E-state index contributed by atoms with van der Waals surface area (Å²) in [5, 5.41) is 4.18. The Morgan fingerprint density at radius 1 is 1.24 bits per heavy atom. The maximum Gasteiger partial charge on any atom is 0.196 e. The molecule has 0 fully saturated rings. The fourth-order valence-electron chi connectivity index (χ4n) is 1.53. The maximum atomic E-state index is 11.5. The molecule has 0 aliphatic rings. The molecule has 0 aromatic heterocycles. The zero-order valence-corrected chi connectivity index (χ0v) is 10.6. The first-order valence-electron chi connectivity index (χ1n) is 5.83. The summed E-state index contributed by atoms with van der Waals surface area (Å²) in [5.41, 5.74) is 3.77. The highest BCUT2D eigenvalue weighted by molar-refractivity contribution is 6.37. The molecule has 0 aliphatic heterocycles. The lowest BCUT2D eigenvalue weighted by molar-refractivity contribution is -0.111. The normalized spacial score (nSPS) is 11.1. The van der Waals surface area contributed by atoms with Gasteiger partial charge in [-0.15, -0.1) is 0 Å². The number of hydrogen-bond acceptors (Lipinski definition) is 3. The van der Waals surface area contributed by atoms with E-state index in [0.29, 0.717) is 5.84 Å². The first kappa shape index (κ1) is 13.2. The molecular formula is C13H19N3O. The van der Waals surface area contributed by atoms with E-state index in [0.717, 1.165) is 18.8 Å². The number of anilines is 1. The van der Waals surface area contributed by atoms with Gasteiger partial charge in [0.2, 0.25) is 0 Å². The lowest BCUT2D eigenvalue weighted by Crippen LogP contribution is -2.36. The number of nitrogens with one attached hydrogen (secondary N) is 1. The van der Waals surface area contributed by atoms with E-state index in [1.54, 1.807) is 0 Å². The summed E-state index contributed by atoms with van der Waals surface area (Å²) in [6, 6.07) is 9.59. The second-order valence-electron chi connectivity index (χ2n) is 3.64. The summed E-state index contributed by atoms with van der Waals surface area (Å²) in [7, 11) is 0. The number of carbonyl (C=O) groups is 1. The Bertz CT molecular complexity index is 383. The molecule has 0 spiro atoms. The molecule has 1 rings (SSSR count). The summed E-state index contributed by atoms with van der Waals surface area (Å²) in [5.74, 6) is 0.441. The number of rotatable bonds is 5. The molecule has 1 N–H and O–H groups in total. The Hall–Kier alpha value is -1.84. The number of amidine groups is 1. The zero-order chi connectivity index (χ0) is 12.7. The summed E-state index contributed by atoms with van der Waals surface area (Å²) < 4.78 is 0. The number of hydrogen-bond donors (Lipinski definition) is 1. The molecule has 0 bridgehead atoms. The Morgan fingerprint density at radius 2 is 1.82 bits per heavy atom. The highest BCUT2D eigenvalue weighted by Gasteiger charge is 2.12. The van der Waals surface area contributed by atoms with Gasteiger partial charge < -0.3 is 4.90 Å². The molecule has 92 valence electrons. The molecule has 17 heavy (non-hydrogen) atoms. The van der Waals surface area contributed by atoms with Crippen molar-refractivity contribution in [2.24, 2.45) is 5.10 Å². The molecule has 0 heterocycles. The average molecular weight is 233 g/mol. The van der Waals surface area contributed by atoms with E-state index in [-0.39, 0.29) is 5.78 Å². The number of nitrogens with zero attached hydrogens (tertiary/aromatic N) is 2. The van der Waals surface area contributed by atoms with Gasteiger partial charge in [-0.05, 0) is 26.0 Å². The van der Waals surface area contributed by atoms with E-state index < -0.39 is 0 Å². The lowest BCUT2D eigenvalue weighted by atomic mass is 10.3. The molecule has 0 unspecified atom stereocenters. The first-order chi connectivity index (χ1) is 8.19. The zero-order valence-electron chi connectivity index (χ0n) is 10.6. The molecule has 1 aromatic rings. The average Bonchev–Trinajstić information content (AvgIpc) is 2.35. The molecule has 0 atom stereocenters. The van der Waals surface area contributed by atoms with Gasteiger partial charge in [-0.1, -0.05) is 18.2 Å². The molecule has 4 heteroatoms. The number of benzene rings is 1. The smallest absolute Gasteiger partial charge is 0.196 e. The molecule has 4 nitrogen and oxygen atoms in total. The minimum Gasteiger partial charge on any atom is -0.353 e. The van der Waals surface area contributed by atoms with E-state index in [9.17, 15) is 4.79 Å². The topological polar surface area (TPSA) is 44.7 Å². The van der Waals surface area contributed by atoms with E-state index in [2.05, 4.69) is 10.5 Å². The van der Waals surface area contributed by atoms with Crippen molar-refractivity contribution in [2.45, 2.75) is 20.8 Å². The van der Waals surface area contributed by atoms with E-state index in [1.807, 2.05) is 49.1 Å². The van der Waals surface area contributed by atoms with Crippen LogP contribution in [0.3, 0.4) is 0 Å². The predicted molar refractivity (Wildman–Crippen MR) is 71.1 cm³/mol. The second-order valence-corrected chi connectivity index (χ2v) is 3.64. The number of carbonyl (C=O) groups excluding carboxylic acids is 1. The fraction of sp³-hybridized carbons (Fsp3) is 0.385. The quantitative estimate of drug-likeness (QED) is 0.482. The van der Waals surface area contributed by atoms with E-state index in [1.165, 1.54) is 6.92 Å². The van der Waals surface area contributed by atoms with Crippen LogP contribution in [0.25, 0.3) is 0 Å². The number of ketones is 1. The highest BCUT2D eigenvalue weighted by atomic mass is 16.1. The van der Waals surface area contributed by atoms with Crippen molar-refractivity contribution in [2.75, 3.05) is 18.5 Å². The molecule has 0 amide bonds. The number of Topliss-reactive ketones (excluding diaryl/α,β-unsaturated/α-hetero) is 1. The third-order valence-electron chi connectivity index (χ3n) is 2.44. The van der Waals surface area contributed by atoms with Crippen LogP contribution in [0.5, 0.6) is 0 Å². The van der Waals surface area contributed by atoms with Gasteiger partial charge in [0, 0.05) is 20.0 Å². The lowest BCUT2D eigenvalue weighted by Gasteiger charge is -2.20. The Balaban J connectivity index is 2.81. The van der Waals surface area contributed by atoms with Crippen molar-refractivity contribution in [1.29, 1.82) is 0 Å². The van der Waals surface area contributed by atoms with Crippen molar-refractivity contribution < 1.29 is 4.79 Å². The molecule has 1 aromatic carbocycles. The van der Waals surface area contributed by atoms with Gasteiger partial charge in [0.15, 0.2) is 11.6 Å². The van der Waals surface area contributed by atoms with Gasteiger partial charge >= 0.3 is 0 Å². The molecule has 0 saturated heterocycles. The Labute approximate surface area is 102 Å². The standard InChI is InChI=1S/C13H19N3O/c1-4-16(5-2)13(11(3)17)15-14-12-9-7-6-8-10-12/h6-10,14H,4-5H2,1-3H3. The summed E-state index contributed by atoms with van der Waals surface area (Å²) in [6.45, 7) is 7.08. The van der Waals surface area contributed by atoms with Crippen molar-refractivity contribution in [3.63, 3.8) is 0 Å². The third-order valence-corrected chi connectivity index (χ3v) is 2.44. The largest absolute Gasteiger partial charge is 0.353 e. The van der Waals surface area contributed by atoms with Crippen LogP contribution in [0, 0.1) is 0 Å². The summed E-state index contributed by atoms with van der Waals surface area (Å²) in [6.07, 6.45) is 0. The van der Waals surface area contributed by atoms with E-state index in [4.69, 9.17) is 0 Å². The minimum absolute atomic E-state index is 0.0304. The maximum absolute atomic E-state index is 11.5. The van der Waals surface area contributed by atoms with Crippen LogP contribution in [0.4, 0.5) is 5.69 Å². The van der Waals surface area contributed by atoms with Crippen LogP contribution in [-0.4, -0.2) is 29.6 Å². The molecule has 0 aliphatic carbocycles. The molecular weight excluding hydrogens is 214 g/mol. The predicted octanol–water partition coefficient (Wildman–Crippen LogP) is 2.34. The summed E-state index contributed by atoms with van der Waals surface area (Å²) >= 11 is 0. The Morgan fingerprint density at radius 3 is 2.29 bits per heavy atom. The number of para-hydroxylation sites is 1. The molecule has 0 radical (unpaired) electrons. The highest BCUT2D eigenvalue weighted by Crippen LogP contribution is 2.05. The number of likely N-dealkylation sites (N-methyl/N-ethyl adjacent to an activating group) is 1. The van der Waals surface area contributed by atoms with Crippen LogP contribution in [-0.2, 0) is 4.79 Å². The van der Waals surface area contributed by atoms with Crippen molar-refractivity contribution >= 4 is 17.3 Å². The van der Waals surface area contributed by atoms with Crippen molar-refractivity contribution in [3.05, 3.63) is 30.3 Å². The minimum atomic E-state index is -0.0304. The van der Waals surface area contributed by atoms with Gasteiger partial charge in [-0.2, -0.15) is 5.10 Å². The monoisotopic (exact) mass is 233 g/mol. The molecule has 0 saturated carbocycles. The number of hydrazone groups is 1. The first-order valence-corrected chi connectivity index (χ1v) is 5.83. The van der Waals surface area contributed by atoms with Crippen molar-refractivity contribution in [3.8, 4) is 0 Å². The van der Waals surface area contributed by atoms with Gasteiger partial charge in [0.25, 0.3) is 0 Å².